The van der Waals surface area contributed by atoms with Gasteiger partial charge >= 0.3 is 17.4 Å². The van der Waals surface area contributed by atoms with E-state index in [2.05, 4.69) is 9.97 Å². The quantitative estimate of drug-likeness (QED) is 0.306. The van der Waals surface area contributed by atoms with Gasteiger partial charge in [-0.15, -0.1) is 0 Å². The fourth-order valence-electron chi connectivity index (χ4n) is 4.19. The van der Waals surface area contributed by atoms with Crippen LogP contribution >= 0.6 is 0 Å². The Morgan fingerprint density at radius 2 is 0.925 bits per heavy atom. The zero-order valence-corrected chi connectivity index (χ0v) is 25.1. The Kier molecular flexibility index (Phi) is 11.4. The van der Waals surface area contributed by atoms with Gasteiger partial charge in [0.15, 0.2) is 0 Å². The second-order valence-electron chi connectivity index (χ2n) is 9.10. The Hall–Kier alpha value is -3.99. The number of pyridine rings is 2. The fourth-order valence-corrected chi connectivity index (χ4v) is 5.12. The van der Waals surface area contributed by atoms with Crippen molar-refractivity contribution in [3.05, 3.63) is 144 Å². The summed E-state index contributed by atoms with van der Waals surface area (Å²) in [6, 6.07) is 38.1. The third-order valence-corrected chi connectivity index (χ3v) is 7.49. The minimum atomic E-state index is -1.32. The summed E-state index contributed by atoms with van der Waals surface area (Å²) in [5, 5.41) is 24.4. The summed E-state index contributed by atoms with van der Waals surface area (Å²) in [6.45, 7) is 3.76. The number of nitrogens with zero attached hydrogens (tertiary/aromatic N) is 2. The van der Waals surface area contributed by atoms with Crippen LogP contribution in [0.25, 0.3) is 21.8 Å². The van der Waals surface area contributed by atoms with E-state index in [9.17, 15) is 15.0 Å². The molecule has 5 nitrogen and oxygen atoms in total. The normalized spacial score (nSPS) is 10.5. The van der Waals surface area contributed by atoms with Crippen LogP contribution in [0.5, 0.6) is 11.5 Å². The van der Waals surface area contributed by atoms with E-state index >= 15 is 0 Å². The zero-order chi connectivity index (χ0) is 27.6. The van der Waals surface area contributed by atoms with Crippen molar-refractivity contribution in [2.45, 2.75) is 19.4 Å². The topological polar surface area (TPSA) is 95.0 Å². The molecular formula is C33H29AlN2O3Si. The summed E-state index contributed by atoms with van der Waals surface area (Å²) in [7, 11) is -1.32. The molecule has 2 aromatic heterocycles. The van der Waals surface area contributed by atoms with Crippen molar-refractivity contribution in [1.29, 1.82) is 0 Å². The molecule has 6 rings (SSSR count). The van der Waals surface area contributed by atoms with Gasteiger partial charge in [0.2, 0.25) is 0 Å². The van der Waals surface area contributed by atoms with Crippen LogP contribution in [0.3, 0.4) is 0 Å². The van der Waals surface area contributed by atoms with Crippen molar-refractivity contribution in [1.82, 2.24) is 9.97 Å². The van der Waals surface area contributed by atoms with Gasteiger partial charge in [0, 0.05) is 11.4 Å². The average molecular weight is 557 g/mol. The molecule has 2 heterocycles. The third kappa shape index (κ3) is 8.01. The summed E-state index contributed by atoms with van der Waals surface area (Å²) >= 11 is 0. The Morgan fingerprint density at radius 3 is 1.30 bits per heavy atom. The minimum absolute atomic E-state index is 0. The van der Waals surface area contributed by atoms with Gasteiger partial charge in [-0.05, 0) is 53.4 Å². The van der Waals surface area contributed by atoms with Crippen molar-refractivity contribution in [3.63, 3.8) is 0 Å². The molecule has 4 aromatic carbocycles. The SMILES string of the molecule is Cc1ccc2cccc([O-])c2n1.Cc1ccc2cccc([O-])c2n1.[Al+3].[O-][SiH2]C(c1ccccc1)c1ccccc1. The van der Waals surface area contributed by atoms with E-state index in [-0.39, 0.29) is 34.4 Å². The van der Waals surface area contributed by atoms with Crippen molar-refractivity contribution in [2.24, 2.45) is 0 Å². The summed E-state index contributed by atoms with van der Waals surface area (Å²) in [6.07, 6.45) is 0. The molecular weight excluding hydrogens is 527 g/mol. The van der Waals surface area contributed by atoms with Crippen LogP contribution in [0.15, 0.2) is 121 Å². The standard InChI is InChI=1S/C13H13OSi.2C10H9NO.Al/c14-15-13(11-7-3-1-4-8-11)12-9-5-2-6-10-12;2*1-7-5-6-8-3-2-4-9(12)10(8)11-7;/h1-10,13H,15H2;2*2-6,12H,1H3;/q-1;;;+3/p-2. The van der Waals surface area contributed by atoms with Crippen LogP contribution in [-0.2, 0) is 0 Å². The van der Waals surface area contributed by atoms with Gasteiger partial charge in [-0.2, -0.15) is 0 Å². The van der Waals surface area contributed by atoms with E-state index < -0.39 is 9.76 Å². The predicted octanol–water partition coefficient (Wildman–Crippen LogP) is 4.07. The van der Waals surface area contributed by atoms with Crippen LogP contribution in [0.1, 0.15) is 28.1 Å². The molecule has 0 spiro atoms. The molecule has 7 heteroatoms. The summed E-state index contributed by atoms with van der Waals surface area (Å²) in [5.41, 5.74) is 5.33. The molecule has 0 atom stereocenters. The average Bonchev–Trinajstić information content (AvgIpc) is 2.96. The molecule has 6 aromatic rings. The fraction of sp³-hybridized carbons (Fsp3) is 0.0909. The number of rotatable bonds is 3. The van der Waals surface area contributed by atoms with Gasteiger partial charge in [-0.3, -0.25) is 9.97 Å². The van der Waals surface area contributed by atoms with Crippen LogP contribution in [-0.4, -0.2) is 37.1 Å². The van der Waals surface area contributed by atoms with Gasteiger partial charge in [0.1, 0.15) is 0 Å². The maximum absolute atomic E-state index is 11.4. The molecule has 0 aliphatic rings. The van der Waals surface area contributed by atoms with Gasteiger partial charge in [-0.1, -0.05) is 130 Å². The second kappa shape index (κ2) is 15.0. The molecule has 0 saturated heterocycles. The van der Waals surface area contributed by atoms with Gasteiger partial charge in [-0.25, -0.2) is 0 Å². The first-order chi connectivity index (χ1) is 19.0. The summed E-state index contributed by atoms with van der Waals surface area (Å²) in [5.74, 6) is -0.00704. The monoisotopic (exact) mass is 556 g/mol. The Bertz CT molecular complexity index is 1530. The van der Waals surface area contributed by atoms with E-state index in [0.29, 0.717) is 11.0 Å². The maximum atomic E-state index is 11.4. The largest absolute Gasteiger partial charge is 3.00 e. The number of para-hydroxylation sites is 2. The van der Waals surface area contributed by atoms with Crippen LogP contribution in [0.4, 0.5) is 0 Å². The molecule has 0 radical (unpaired) electrons. The van der Waals surface area contributed by atoms with E-state index in [4.69, 9.17) is 0 Å². The number of fused-ring (bicyclic) bond motifs is 2. The number of hydrogen-bond donors (Lipinski definition) is 0. The van der Waals surface area contributed by atoms with E-state index in [1.54, 1.807) is 12.1 Å². The zero-order valence-electron chi connectivity index (χ0n) is 22.5. The number of aryl methyl sites for hydroxylation is 2. The first kappa shape index (κ1) is 30.5. The van der Waals surface area contributed by atoms with Gasteiger partial charge in [0.25, 0.3) is 0 Å². The molecule has 0 aliphatic carbocycles. The van der Waals surface area contributed by atoms with Crippen molar-refractivity contribution >= 4 is 48.9 Å². The summed E-state index contributed by atoms with van der Waals surface area (Å²) in [4.78, 5) is 19.7. The molecule has 196 valence electrons. The maximum Gasteiger partial charge on any atom is 3.00 e. The molecule has 40 heavy (non-hydrogen) atoms. The number of benzene rings is 4. The molecule has 0 aliphatic heterocycles. The first-order valence-electron chi connectivity index (χ1n) is 12.7. The first-order valence-corrected chi connectivity index (χ1v) is 14.1. The predicted molar refractivity (Wildman–Crippen MR) is 161 cm³/mol. The second-order valence-corrected chi connectivity index (χ2v) is 10.3. The van der Waals surface area contributed by atoms with Gasteiger partial charge < -0.3 is 15.0 Å². The van der Waals surface area contributed by atoms with E-state index in [1.807, 2.05) is 111 Å². The molecule has 0 saturated carbocycles. The van der Waals surface area contributed by atoms with Crippen molar-refractivity contribution < 1.29 is 15.0 Å². The molecule has 0 unspecified atom stereocenters. The Morgan fingerprint density at radius 1 is 0.525 bits per heavy atom. The van der Waals surface area contributed by atoms with Crippen molar-refractivity contribution in [2.75, 3.05) is 0 Å². The summed E-state index contributed by atoms with van der Waals surface area (Å²) < 4.78 is 0. The molecule has 0 amide bonds. The Labute approximate surface area is 247 Å². The molecule has 0 bridgehead atoms. The van der Waals surface area contributed by atoms with Gasteiger partial charge in [0.05, 0.1) is 11.0 Å². The smallest absolute Gasteiger partial charge is 0.871 e. The number of aromatic nitrogens is 2. The minimum Gasteiger partial charge on any atom is -0.871 e. The van der Waals surface area contributed by atoms with Crippen LogP contribution in [0.2, 0.25) is 0 Å². The van der Waals surface area contributed by atoms with Crippen LogP contribution < -0.4 is 15.0 Å². The Balaban J connectivity index is 0.000000165. The van der Waals surface area contributed by atoms with Crippen LogP contribution in [0, 0.1) is 13.8 Å². The van der Waals surface area contributed by atoms with E-state index in [1.165, 1.54) is 12.1 Å². The van der Waals surface area contributed by atoms with E-state index in [0.717, 1.165) is 33.3 Å². The third-order valence-electron chi connectivity index (χ3n) is 6.22. The molecule has 0 N–H and O–H groups in total. The van der Waals surface area contributed by atoms with Crippen molar-refractivity contribution in [3.8, 4) is 11.5 Å². The number of hydrogen-bond acceptors (Lipinski definition) is 5. The molecule has 0 fully saturated rings.